The molecule has 0 bridgehead atoms. The minimum absolute atomic E-state index is 0.0746. The van der Waals surface area contributed by atoms with Crippen molar-refractivity contribution in [3.05, 3.63) is 28.8 Å². The molecule has 0 aliphatic carbocycles. The number of anilines is 1. The summed E-state index contributed by atoms with van der Waals surface area (Å²) in [5, 5.41) is 11.8. The number of nitrogens with one attached hydrogen (secondary N) is 1. The van der Waals surface area contributed by atoms with Crippen LogP contribution in [0.2, 0.25) is 5.02 Å². The highest BCUT2D eigenvalue weighted by atomic mass is 35.5. The van der Waals surface area contributed by atoms with E-state index in [9.17, 15) is 9.59 Å². The zero-order valence-corrected chi connectivity index (χ0v) is 11.4. The van der Waals surface area contributed by atoms with E-state index in [0.29, 0.717) is 23.7 Å². The molecule has 6 heteroatoms. The Morgan fingerprint density at radius 2 is 2.16 bits per heavy atom. The molecule has 4 N–H and O–H groups in total. The Balaban J connectivity index is 2.78. The Bertz CT molecular complexity index is 473. The maximum Gasteiger partial charge on any atom is 0.335 e. The standard InChI is InChI=1S/C13H17ClN2O3/c1-2-8(7-15)5-12(17)16-11-6-9(13(18)19)3-4-10(11)14/h3-4,6,8H,2,5,7,15H2,1H3,(H,16,17)(H,18,19). The summed E-state index contributed by atoms with van der Waals surface area (Å²) in [4.78, 5) is 22.6. The molecule has 0 heterocycles. The third kappa shape index (κ3) is 4.54. The van der Waals surface area contributed by atoms with Gasteiger partial charge in [-0.1, -0.05) is 24.9 Å². The van der Waals surface area contributed by atoms with Crippen LogP contribution in [0.3, 0.4) is 0 Å². The highest BCUT2D eigenvalue weighted by molar-refractivity contribution is 6.33. The molecule has 0 spiro atoms. The van der Waals surface area contributed by atoms with Gasteiger partial charge in [0, 0.05) is 6.42 Å². The number of nitrogens with two attached hydrogens (primary N) is 1. The largest absolute Gasteiger partial charge is 0.478 e. The predicted octanol–water partition coefficient (Wildman–Crippen LogP) is 2.35. The molecule has 0 radical (unpaired) electrons. The minimum Gasteiger partial charge on any atom is -0.478 e. The normalized spacial score (nSPS) is 11.9. The lowest BCUT2D eigenvalue weighted by atomic mass is 10.0. The summed E-state index contributed by atoms with van der Waals surface area (Å²) in [5.74, 6) is -1.18. The van der Waals surface area contributed by atoms with Crippen LogP contribution in [0.4, 0.5) is 5.69 Å². The maximum absolute atomic E-state index is 11.8. The second kappa shape index (κ2) is 7.11. The fourth-order valence-electron chi connectivity index (χ4n) is 1.61. The van der Waals surface area contributed by atoms with Gasteiger partial charge < -0.3 is 16.2 Å². The van der Waals surface area contributed by atoms with E-state index < -0.39 is 5.97 Å². The Labute approximate surface area is 116 Å². The third-order valence-electron chi connectivity index (χ3n) is 2.87. The quantitative estimate of drug-likeness (QED) is 0.747. The van der Waals surface area contributed by atoms with Crippen molar-refractivity contribution in [2.75, 3.05) is 11.9 Å². The number of hydrogen-bond donors (Lipinski definition) is 3. The molecule has 1 unspecified atom stereocenters. The van der Waals surface area contributed by atoms with Gasteiger partial charge in [-0.15, -0.1) is 0 Å². The number of carboxylic acid groups (broad SMARTS) is 1. The molecule has 1 aromatic carbocycles. The number of aromatic carboxylic acids is 1. The van der Waals surface area contributed by atoms with Gasteiger partial charge in [-0.2, -0.15) is 0 Å². The lowest BCUT2D eigenvalue weighted by Crippen LogP contribution is -2.22. The van der Waals surface area contributed by atoms with Crippen molar-refractivity contribution in [1.82, 2.24) is 0 Å². The van der Waals surface area contributed by atoms with E-state index >= 15 is 0 Å². The van der Waals surface area contributed by atoms with Crippen LogP contribution in [0.25, 0.3) is 0 Å². The van der Waals surface area contributed by atoms with Crippen LogP contribution in [0.5, 0.6) is 0 Å². The second-order valence-electron chi connectivity index (χ2n) is 4.26. The monoisotopic (exact) mass is 284 g/mol. The van der Waals surface area contributed by atoms with E-state index in [-0.39, 0.29) is 17.4 Å². The van der Waals surface area contributed by atoms with Crippen molar-refractivity contribution in [3.8, 4) is 0 Å². The molecule has 0 aliphatic heterocycles. The number of carbonyl (C=O) groups excluding carboxylic acids is 1. The molecule has 104 valence electrons. The van der Waals surface area contributed by atoms with Crippen molar-refractivity contribution >= 4 is 29.2 Å². The van der Waals surface area contributed by atoms with Crippen LogP contribution >= 0.6 is 11.6 Å². The second-order valence-corrected chi connectivity index (χ2v) is 4.67. The van der Waals surface area contributed by atoms with Gasteiger partial charge in [-0.3, -0.25) is 4.79 Å². The Hall–Kier alpha value is -1.59. The van der Waals surface area contributed by atoms with E-state index in [1.807, 2.05) is 6.92 Å². The van der Waals surface area contributed by atoms with Gasteiger partial charge in [0.2, 0.25) is 5.91 Å². The van der Waals surface area contributed by atoms with Crippen LogP contribution in [-0.2, 0) is 4.79 Å². The molecule has 1 atom stereocenters. The molecule has 0 fully saturated rings. The summed E-state index contributed by atoms with van der Waals surface area (Å²) < 4.78 is 0. The molecule has 0 aromatic heterocycles. The van der Waals surface area contributed by atoms with Gasteiger partial charge >= 0.3 is 5.97 Å². The molecular formula is C13H17ClN2O3. The Morgan fingerprint density at radius 3 is 2.68 bits per heavy atom. The van der Waals surface area contributed by atoms with Gasteiger partial charge in [-0.25, -0.2) is 4.79 Å². The fourth-order valence-corrected chi connectivity index (χ4v) is 1.78. The van der Waals surface area contributed by atoms with E-state index in [4.69, 9.17) is 22.4 Å². The van der Waals surface area contributed by atoms with E-state index in [0.717, 1.165) is 6.42 Å². The third-order valence-corrected chi connectivity index (χ3v) is 3.20. The maximum atomic E-state index is 11.8. The van der Waals surface area contributed by atoms with Crippen molar-refractivity contribution in [3.63, 3.8) is 0 Å². The number of amides is 1. The molecule has 1 aromatic rings. The van der Waals surface area contributed by atoms with Crippen molar-refractivity contribution in [2.45, 2.75) is 19.8 Å². The lowest BCUT2D eigenvalue weighted by molar-refractivity contribution is -0.117. The lowest BCUT2D eigenvalue weighted by Gasteiger charge is -2.13. The molecule has 19 heavy (non-hydrogen) atoms. The van der Waals surface area contributed by atoms with Crippen molar-refractivity contribution in [2.24, 2.45) is 11.7 Å². The van der Waals surface area contributed by atoms with Crippen LogP contribution in [0.1, 0.15) is 30.1 Å². The first kappa shape index (κ1) is 15.5. The van der Waals surface area contributed by atoms with Crippen molar-refractivity contribution < 1.29 is 14.7 Å². The first-order valence-electron chi connectivity index (χ1n) is 6.00. The average molecular weight is 285 g/mol. The molecule has 0 aliphatic rings. The summed E-state index contributed by atoms with van der Waals surface area (Å²) in [6.07, 6.45) is 1.10. The predicted molar refractivity (Wildman–Crippen MR) is 74.5 cm³/mol. The summed E-state index contributed by atoms with van der Waals surface area (Å²) in [7, 11) is 0. The molecule has 1 amide bonds. The van der Waals surface area contributed by atoms with E-state index in [1.54, 1.807) is 0 Å². The summed E-state index contributed by atoms with van der Waals surface area (Å²) in [6, 6.07) is 4.17. The SMILES string of the molecule is CCC(CN)CC(=O)Nc1cc(C(=O)O)ccc1Cl. The van der Waals surface area contributed by atoms with E-state index in [2.05, 4.69) is 5.32 Å². The van der Waals surface area contributed by atoms with Crippen LogP contribution < -0.4 is 11.1 Å². The highest BCUT2D eigenvalue weighted by Crippen LogP contribution is 2.23. The molecule has 0 saturated carbocycles. The smallest absolute Gasteiger partial charge is 0.335 e. The van der Waals surface area contributed by atoms with Gasteiger partial charge in [0.25, 0.3) is 0 Å². The fraction of sp³-hybridized carbons (Fsp3) is 0.385. The topological polar surface area (TPSA) is 92.4 Å². The number of carbonyl (C=O) groups is 2. The number of rotatable bonds is 6. The first-order valence-corrected chi connectivity index (χ1v) is 6.38. The molecule has 0 saturated heterocycles. The highest BCUT2D eigenvalue weighted by Gasteiger charge is 2.13. The zero-order valence-electron chi connectivity index (χ0n) is 10.6. The van der Waals surface area contributed by atoms with Gasteiger partial charge in [0.05, 0.1) is 16.3 Å². The summed E-state index contributed by atoms with van der Waals surface area (Å²) in [5.41, 5.74) is 5.91. The number of benzene rings is 1. The first-order chi connectivity index (χ1) is 8.97. The molecular weight excluding hydrogens is 268 g/mol. The molecule has 5 nitrogen and oxygen atoms in total. The van der Waals surface area contributed by atoms with Gasteiger partial charge in [-0.05, 0) is 30.7 Å². The van der Waals surface area contributed by atoms with E-state index in [1.165, 1.54) is 18.2 Å². The van der Waals surface area contributed by atoms with Gasteiger partial charge in [0.1, 0.15) is 0 Å². The minimum atomic E-state index is -1.07. The Kier molecular flexibility index (Phi) is 5.79. The summed E-state index contributed by atoms with van der Waals surface area (Å²) >= 11 is 5.92. The number of hydrogen-bond acceptors (Lipinski definition) is 3. The summed E-state index contributed by atoms with van der Waals surface area (Å²) in [6.45, 7) is 2.40. The zero-order chi connectivity index (χ0) is 14.4. The number of halogens is 1. The van der Waals surface area contributed by atoms with Crippen molar-refractivity contribution in [1.29, 1.82) is 0 Å². The van der Waals surface area contributed by atoms with Crippen LogP contribution in [-0.4, -0.2) is 23.5 Å². The molecule has 1 rings (SSSR count). The average Bonchev–Trinajstić information content (AvgIpc) is 2.38. The van der Waals surface area contributed by atoms with Crippen LogP contribution in [0, 0.1) is 5.92 Å². The van der Waals surface area contributed by atoms with Crippen LogP contribution in [0.15, 0.2) is 18.2 Å². The van der Waals surface area contributed by atoms with Gasteiger partial charge in [0.15, 0.2) is 0 Å². The Morgan fingerprint density at radius 1 is 1.47 bits per heavy atom. The number of carboxylic acids is 1.